The van der Waals surface area contributed by atoms with Crippen LogP contribution < -0.4 is 44.2 Å². The van der Waals surface area contributed by atoms with Crippen LogP contribution in [0.25, 0.3) is 0 Å². The van der Waals surface area contributed by atoms with Crippen molar-refractivity contribution in [1.29, 1.82) is 0 Å². The summed E-state index contributed by atoms with van der Waals surface area (Å²) in [5, 5.41) is 11.6. The minimum Gasteiger partial charge on any atom is -0.356 e. The van der Waals surface area contributed by atoms with Crippen molar-refractivity contribution in [3.63, 3.8) is 0 Å². The zero-order chi connectivity index (χ0) is 31.3. The van der Waals surface area contributed by atoms with Gasteiger partial charge in [0.05, 0.1) is 12.1 Å². The predicted octanol–water partition coefficient (Wildman–Crippen LogP) is 1.05. The van der Waals surface area contributed by atoms with Gasteiger partial charge in [0.25, 0.3) is 0 Å². The molecule has 0 bridgehead atoms. The lowest BCUT2D eigenvalue weighted by molar-refractivity contribution is -0.123. The highest BCUT2D eigenvalue weighted by molar-refractivity contribution is 5.81. The monoisotopic (exact) mass is 598 g/mol. The number of carbonyl (C=O) groups is 4. The molecule has 0 aliphatic rings. The zero-order valence-corrected chi connectivity index (χ0v) is 26.1. The second-order valence-electron chi connectivity index (χ2n) is 11.1. The first kappa shape index (κ1) is 39.7. The molecule has 0 fully saturated rings. The van der Waals surface area contributed by atoms with Gasteiger partial charge < -0.3 is 44.2 Å². The standard InChI is InChI=1S/C30H62N8O4/c31-19-9-7-15-25(33)29(41)37-23-13-3-1-11-21-35-27(39)17-5-6-18-28(40)36-22-12-2-4-14-24-38-30(42)26(34)16-8-10-20-32/h25-26H,1-24,31-34H2,(H,35,39)(H,36,40)(H,37,41)(H,38,42). The Morgan fingerprint density at radius 1 is 0.429 bits per heavy atom. The first-order valence-corrected chi connectivity index (χ1v) is 16.3. The van der Waals surface area contributed by atoms with E-state index in [1.807, 2.05) is 0 Å². The molecule has 246 valence electrons. The highest BCUT2D eigenvalue weighted by Crippen LogP contribution is 2.04. The lowest BCUT2D eigenvalue weighted by Crippen LogP contribution is -2.40. The number of nitrogens with one attached hydrogen (secondary N) is 4. The fourth-order valence-electron chi connectivity index (χ4n) is 4.38. The maximum atomic E-state index is 12.0. The lowest BCUT2D eigenvalue weighted by Gasteiger charge is -2.12. The Kier molecular flexibility index (Phi) is 27.3. The van der Waals surface area contributed by atoms with E-state index in [0.29, 0.717) is 77.8 Å². The molecule has 42 heavy (non-hydrogen) atoms. The third kappa shape index (κ3) is 25.4. The van der Waals surface area contributed by atoms with Gasteiger partial charge in [-0.3, -0.25) is 19.2 Å². The summed E-state index contributed by atoms with van der Waals surface area (Å²) < 4.78 is 0. The van der Waals surface area contributed by atoms with E-state index < -0.39 is 12.1 Å². The fourth-order valence-corrected chi connectivity index (χ4v) is 4.38. The molecule has 0 saturated carbocycles. The van der Waals surface area contributed by atoms with E-state index in [4.69, 9.17) is 22.9 Å². The van der Waals surface area contributed by atoms with E-state index in [2.05, 4.69) is 21.3 Å². The van der Waals surface area contributed by atoms with Crippen molar-refractivity contribution < 1.29 is 19.2 Å². The molecule has 0 radical (unpaired) electrons. The molecule has 0 aliphatic heterocycles. The van der Waals surface area contributed by atoms with E-state index in [9.17, 15) is 19.2 Å². The summed E-state index contributed by atoms with van der Waals surface area (Å²) in [7, 11) is 0. The number of nitrogens with two attached hydrogens (primary N) is 4. The van der Waals surface area contributed by atoms with Crippen LogP contribution in [0, 0.1) is 0 Å². The Labute approximate surface area is 254 Å². The smallest absolute Gasteiger partial charge is 0.236 e. The summed E-state index contributed by atoms with van der Waals surface area (Å²) >= 11 is 0. The molecular formula is C30H62N8O4. The molecule has 0 saturated heterocycles. The second-order valence-corrected chi connectivity index (χ2v) is 11.1. The van der Waals surface area contributed by atoms with Crippen molar-refractivity contribution in [3.8, 4) is 0 Å². The minimum absolute atomic E-state index is 0.0241. The summed E-state index contributed by atoms with van der Waals surface area (Å²) in [5.74, 6) is -0.148. The molecule has 0 aliphatic carbocycles. The number of hydrogen-bond donors (Lipinski definition) is 8. The van der Waals surface area contributed by atoms with Crippen molar-refractivity contribution in [2.75, 3.05) is 39.3 Å². The Morgan fingerprint density at radius 2 is 0.762 bits per heavy atom. The quantitative estimate of drug-likeness (QED) is 0.0580. The Morgan fingerprint density at radius 3 is 1.10 bits per heavy atom. The first-order valence-electron chi connectivity index (χ1n) is 16.3. The summed E-state index contributed by atoms with van der Waals surface area (Å²) in [6.07, 6.45) is 14.6. The van der Waals surface area contributed by atoms with Gasteiger partial charge in [0.15, 0.2) is 0 Å². The number of unbranched alkanes of at least 4 members (excludes halogenated alkanes) is 9. The van der Waals surface area contributed by atoms with Crippen molar-refractivity contribution >= 4 is 23.6 Å². The van der Waals surface area contributed by atoms with E-state index in [1.165, 1.54) is 0 Å². The highest BCUT2D eigenvalue weighted by Gasteiger charge is 2.12. The Bertz CT molecular complexity index is 653. The van der Waals surface area contributed by atoms with Gasteiger partial charge in [0, 0.05) is 39.0 Å². The zero-order valence-electron chi connectivity index (χ0n) is 26.1. The summed E-state index contributed by atoms with van der Waals surface area (Å²) in [6, 6.07) is -0.920. The molecule has 0 spiro atoms. The average Bonchev–Trinajstić information content (AvgIpc) is 2.97. The van der Waals surface area contributed by atoms with Crippen LogP contribution in [0.1, 0.15) is 116 Å². The van der Waals surface area contributed by atoms with Gasteiger partial charge in [-0.05, 0) is 77.3 Å². The highest BCUT2D eigenvalue weighted by atomic mass is 16.2. The van der Waals surface area contributed by atoms with Crippen LogP contribution in [-0.2, 0) is 19.2 Å². The van der Waals surface area contributed by atoms with Crippen molar-refractivity contribution in [1.82, 2.24) is 21.3 Å². The van der Waals surface area contributed by atoms with Crippen LogP contribution in [0.2, 0.25) is 0 Å². The molecule has 0 rings (SSSR count). The van der Waals surface area contributed by atoms with Crippen LogP contribution in [0.4, 0.5) is 0 Å². The predicted molar refractivity (Wildman–Crippen MR) is 169 cm³/mol. The maximum Gasteiger partial charge on any atom is 0.236 e. The average molecular weight is 599 g/mol. The van der Waals surface area contributed by atoms with Gasteiger partial charge in [-0.15, -0.1) is 0 Å². The largest absolute Gasteiger partial charge is 0.356 e. The van der Waals surface area contributed by atoms with Crippen molar-refractivity contribution in [2.24, 2.45) is 22.9 Å². The van der Waals surface area contributed by atoms with Gasteiger partial charge in [-0.1, -0.05) is 38.5 Å². The summed E-state index contributed by atoms with van der Waals surface area (Å²) in [5.41, 5.74) is 22.6. The Hall–Kier alpha value is -2.28. The van der Waals surface area contributed by atoms with Crippen LogP contribution in [-0.4, -0.2) is 75.0 Å². The van der Waals surface area contributed by atoms with Crippen LogP contribution >= 0.6 is 0 Å². The third-order valence-corrected chi connectivity index (χ3v) is 7.12. The van der Waals surface area contributed by atoms with Crippen molar-refractivity contribution in [2.45, 2.75) is 128 Å². The summed E-state index contributed by atoms with van der Waals surface area (Å²) in [4.78, 5) is 47.8. The van der Waals surface area contributed by atoms with Gasteiger partial charge in [0.1, 0.15) is 0 Å². The second kappa shape index (κ2) is 28.8. The van der Waals surface area contributed by atoms with Crippen LogP contribution in [0.5, 0.6) is 0 Å². The summed E-state index contributed by atoms with van der Waals surface area (Å²) in [6.45, 7) is 3.78. The lowest BCUT2D eigenvalue weighted by atomic mass is 10.1. The normalized spacial score (nSPS) is 12.4. The first-order chi connectivity index (χ1) is 20.3. The third-order valence-electron chi connectivity index (χ3n) is 7.12. The molecule has 2 atom stereocenters. The molecule has 0 heterocycles. The molecule has 4 amide bonds. The molecule has 12 heteroatoms. The molecule has 0 aromatic heterocycles. The molecule has 0 aromatic carbocycles. The molecular weight excluding hydrogens is 536 g/mol. The van der Waals surface area contributed by atoms with Gasteiger partial charge in [0.2, 0.25) is 23.6 Å². The minimum atomic E-state index is -0.460. The van der Waals surface area contributed by atoms with E-state index in [1.54, 1.807) is 0 Å². The van der Waals surface area contributed by atoms with Crippen LogP contribution in [0.15, 0.2) is 0 Å². The van der Waals surface area contributed by atoms with Crippen molar-refractivity contribution in [3.05, 3.63) is 0 Å². The number of amides is 4. The number of carbonyl (C=O) groups excluding carboxylic acids is 4. The van der Waals surface area contributed by atoms with E-state index in [-0.39, 0.29) is 23.6 Å². The molecule has 12 N–H and O–H groups in total. The number of hydrogen-bond acceptors (Lipinski definition) is 8. The van der Waals surface area contributed by atoms with Gasteiger partial charge in [-0.2, -0.15) is 0 Å². The molecule has 0 aromatic rings. The Balaban J connectivity index is 3.50. The maximum absolute atomic E-state index is 12.0. The van der Waals surface area contributed by atoms with Gasteiger partial charge >= 0.3 is 0 Å². The number of rotatable bonds is 29. The van der Waals surface area contributed by atoms with Crippen LogP contribution in [0.3, 0.4) is 0 Å². The van der Waals surface area contributed by atoms with Gasteiger partial charge in [-0.25, -0.2) is 0 Å². The molecule has 2 unspecified atom stereocenters. The van der Waals surface area contributed by atoms with E-state index >= 15 is 0 Å². The van der Waals surface area contributed by atoms with E-state index in [0.717, 1.165) is 77.0 Å². The fraction of sp³-hybridized carbons (Fsp3) is 0.867. The SMILES string of the molecule is NCCCCC(N)C(=O)NCCCCCCNC(=O)CCCCC(=O)NCCCCCCNC(=O)C(N)CCCCN. The topological polar surface area (TPSA) is 220 Å². The molecule has 12 nitrogen and oxygen atoms in total.